The van der Waals surface area contributed by atoms with Crippen molar-refractivity contribution < 1.29 is 29.6 Å². The van der Waals surface area contributed by atoms with E-state index in [1.807, 2.05) is 0 Å². The van der Waals surface area contributed by atoms with E-state index in [0.29, 0.717) is 13.0 Å². The number of carbonyl (C=O) groups excluding carboxylic acids is 1. The van der Waals surface area contributed by atoms with Crippen molar-refractivity contribution in [2.45, 2.75) is 57.2 Å². The predicted octanol–water partition coefficient (Wildman–Crippen LogP) is -0.409. The van der Waals surface area contributed by atoms with Crippen molar-refractivity contribution in [1.82, 2.24) is 0 Å². The Morgan fingerprint density at radius 1 is 1.39 bits per heavy atom. The number of ether oxygens (including phenoxy) is 2. The van der Waals surface area contributed by atoms with Gasteiger partial charge in [-0.05, 0) is 19.8 Å². The molecule has 1 rings (SSSR count). The molecular formula is C12H22O6. The molecule has 0 bridgehead atoms. The molecule has 1 heterocycles. The molecule has 6 heteroatoms. The van der Waals surface area contributed by atoms with E-state index in [9.17, 15) is 15.0 Å². The highest BCUT2D eigenvalue weighted by Crippen LogP contribution is 2.21. The molecule has 6 nitrogen and oxygen atoms in total. The number of hydrogen-bond acceptors (Lipinski definition) is 6. The zero-order valence-electron chi connectivity index (χ0n) is 10.6. The SMILES string of the molecule is CC(=O)CCCCO[C@H]1C[C@@H](O)[C@@H](O)[C@@H](CO)O1. The third-order valence-electron chi connectivity index (χ3n) is 2.94. The summed E-state index contributed by atoms with van der Waals surface area (Å²) in [7, 11) is 0. The topological polar surface area (TPSA) is 96.2 Å². The van der Waals surface area contributed by atoms with Crippen molar-refractivity contribution in [2.24, 2.45) is 0 Å². The lowest BCUT2D eigenvalue weighted by Gasteiger charge is -2.36. The first-order valence-electron chi connectivity index (χ1n) is 6.28. The Labute approximate surface area is 107 Å². The fourth-order valence-electron chi connectivity index (χ4n) is 1.86. The van der Waals surface area contributed by atoms with Crippen LogP contribution in [0.2, 0.25) is 0 Å². The van der Waals surface area contributed by atoms with Gasteiger partial charge in [0.15, 0.2) is 6.29 Å². The van der Waals surface area contributed by atoms with Gasteiger partial charge in [0.05, 0.1) is 12.7 Å². The molecule has 1 aliphatic heterocycles. The third kappa shape index (κ3) is 4.99. The predicted molar refractivity (Wildman–Crippen MR) is 62.9 cm³/mol. The van der Waals surface area contributed by atoms with Gasteiger partial charge in [0.1, 0.15) is 18.0 Å². The summed E-state index contributed by atoms with van der Waals surface area (Å²) in [5, 5.41) is 28.0. The summed E-state index contributed by atoms with van der Waals surface area (Å²) in [5.41, 5.74) is 0. The van der Waals surface area contributed by atoms with Gasteiger partial charge in [0, 0.05) is 19.4 Å². The van der Waals surface area contributed by atoms with Gasteiger partial charge in [-0.3, -0.25) is 0 Å². The normalized spacial score (nSPS) is 32.4. The Balaban J connectivity index is 2.20. The number of aliphatic hydroxyl groups excluding tert-OH is 3. The van der Waals surface area contributed by atoms with E-state index < -0.39 is 24.6 Å². The average molecular weight is 262 g/mol. The van der Waals surface area contributed by atoms with Crippen LogP contribution in [0, 0.1) is 0 Å². The number of unbranched alkanes of at least 4 members (excludes halogenated alkanes) is 1. The van der Waals surface area contributed by atoms with Crippen molar-refractivity contribution in [3.63, 3.8) is 0 Å². The largest absolute Gasteiger partial charge is 0.394 e. The maximum Gasteiger partial charge on any atom is 0.160 e. The standard InChI is InChI=1S/C12H22O6/c1-8(14)4-2-3-5-17-11-6-9(15)12(16)10(7-13)18-11/h9-13,15-16H,2-7H2,1H3/t9-,10-,11-,12-/m1/s1. The third-order valence-corrected chi connectivity index (χ3v) is 2.94. The Hall–Kier alpha value is -0.530. The first kappa shape index (κ1) is 15.5. The molecule has 0 aromatic rings. The molecule has 106 valence electrons. The van der Waals surface area contributed by atoms with E-state index in [2.05, 4.69) is 0 Å². The van der Waals surface area contributed by atoms with Crippen molar-refractivity contribution >= 4 is 5.78 Å². The molecule has 3 N–H and O–H groups in total. The second-order valence-electron chi connectivity index (χ2n) is 4.61. The minimum Gasteiger partial charge on any atom is -0.394 e. The van der Waals surface area contributed by atoms with Crippen molar-refractivity contribution in [1.29, 1.82) is 0 Å². The summed E-state index contributed by atoms with van der Waals surface area (Å²) in [6.07, 6.45) is -1.22. The van der Waals surface area contributed by atoms with Gasteiger partial charge in [-0.2, -0.15) is 0 Å². The van der Waals surface area contributed by atoms with Crippen LogP contribution in [0.4, 0.5) is 0 Å². The zero-order valence-corrected chi connectivity index (χ0v) is 10.6. The van der Waals surface area contributed by atoms with E-state index in [1.165, 1.54) is 0 Å². The van der Waals surface area contributed by atoms with Crippen LogP contribution in [0.1, 0.15) is 32.6 Å². The molecule has 1 fully saturated rings. The van der Waals surface area contributed by atoms with Gasteiger partial charge < -0.3 is 29.6 Å². The van der Waals surface area contributed by atoms with Crippen LogP contribution in [0.25, 0.3) is 0 Å². The molecule has 0 aliphatic carbocycles. The van der Waals surface area contributed by atoms with E-state index >= 15 is 0 Å². The number of hydrogen-bond donors (Lipinski definition) is 3. The quantitative estimate of drug-likeness (QED) is 0.540. The maximum absolute atomic E-state index is 10.7. The molecular weight excluding hydrogens is 240 g/mol. The molecule has 0 radical (unpaired) electrons. The molecule has 0 unspecified atom stereocenters. The van der Waals surface area contributed by atoms with Crippen LogP contribution < -0.4 is 0 Å². The van der Waals surface area contributed by atoms with E-state index in [0.717, 1.165) is 12.8 Å². The molecule has 1 aliphatic rings. The maximum atomic E-state index is 10.7. The smallest absolute Gasteiger partial charge is 0.160 e. The Bertz CT molecular complexity index is 257. The van der Waals surface area contributed by atoms with Crippen molar-refractivity contribution in [2.75, 3.05) is 13.2 Å². The number of carbonyl (C=O) groups is 1. The van der Waals surface area contributed by atoms with Crippen LogP contribution in [0.15, 0.2) is 0 Å². The van der Waals surface area contributed by atoms with Gasteiger partial charge >= 0.3 is 0 Å². The highest BCUT2D eigenvalue weighted by atomic mass is 16.7. The first-order chi connectivity index (χ1) is 8.54. The summed E-state index contributed by atoms with van der Waals surface area (Å²) in [5.74, 6) is 0.155. The second kappa shape index (κ2) is 7.81. The highest BCUT2D eigenvalue weighted by Gasteiger charge is 2.36. The zero-order chi connectivity index (χ0) is 13.5. The molecule has 0 aromatic carbocycles. The lowest BCUT2D eigenvalue weighted by molar-refractivity contribution is -0.256. The monoisotopic (exact) mass is 262 g/mol. The Kier molecular flexibility index (Phi) is 6.73. The lowest BCUT2D eigenvalue weighted by Crippen LogP contribution is -2.50. The summed E-state index contributed by atoms with van der Waals surface area (Å²) in [6, 6.07) is 0. The van der Waals surface area contributed by atoms with Crippen LogP contribution in [0.5, 0.6) is 0 Å². The first-order valence-corrected chi connectivity index (χ1v) is 6.28. The summed E-state index contributed by atoms with van der Waals surface area (Å²) in [4.78, 5) is 10.7. The second-order valence-corrected chi connectivity index (χ2v) is 4.61. The molecule has 1 saturated heterocycles. The van der Waals surface area contributed by atoms with E-state index in [1.54, 1.807) is 6.92 Å². The van der Waals surface area contributed by atoms with Crippen molar-refractivity contribution in [3.05, 3.63) is 0 Å². The number of Topliss-reactive ketones (excluding diaryl/α,β-unsaturated/α-hetero) is 1. The van der Waals surface area contributed by atoms with Crippen LogP contribution in [-0.2, 0) is 14.3 Å². The van der Waals surface area contributed by atoms with Gasteiger partial charge in [0.25, 0.3) is 0 Å². The lowest BCUT2D eigenvalue weighted by atomic mass is 10.0. The Morgan fingerprint density at radius 2 is 2.11 bits per heavy atom. The molecule has 0 saturated carbocycles. The molecule has 4 atom stereocenters. The average Bonchev–Trinajstić information content (AvgIpc) is 2.32. The molecule has 18 heavy (non-hydrogen) atoms. The minimum atomic E-state index is -1.08. The van der Waals surface area contributed by atoms with Gasteiger partial charge in [0.2, 0.25) is 0 Å². The van der Waals surface area contributed by atoms with Gasteiger partial charge in [-0.25, -0.2) is 0 Å². The fourth-order valence-corrected chi connectivity index (χ4v) is 1.86. The van der Waals surface area contributed by atoms with Crippen LogP contribution in [-0.4, -0.2) is 58.9 Å². The van der Waals surface area contributed by atoms with Crippen LogP contribution in [0.3, 0.4) is 0 Å². The summed E-state index contributed by atoms with van der Waals surface area (Å²) in [6.45, 7) is 1.62. The van der Waals surface area contributed by atoms with Crippen molar-refractivity contribution in [3.8, 4) is 0 Å². The number of ketones is 1. The summed E-state index contributed by atoms with van der Waals surface area (Å²) < 4.78 is 10.7. The minimum absolute atomic E-state index is 0.155. The Morgan fingerprint density at radius 3 is 2.72 bits per heavy atom. The van der Waals surface area contributed by atoms with Gasteiger partial charge in [-0.1, -0.05) is 0 Å². The molecule has 0 spiro atoms. The molecule has 0 aromatic heterocycles. The number of rotatable bonds is 7. The van der Waals surface area contributed by atoms with E-state index in [-0.39, 0.29) is 18.8 Å². The number of aliphatic hydroxyl groups is 3. The highest BCUT2D eigenvalue weighted by molar-refractivity contribution is 5.75. The fraction of sp³-hybridized carbons (Fsp3) is 0.917. The van der Waals surface area contributed by atoms with E-state index in [4.69, 9.17) is 14.6 Å². The summed E-state index contributed by atoms with van der Waals surface area (Å²) >= 11 is 0. The van der Waals surface area contributed by atoms with Gasteiger partial charge in [-0.15, -0.1) is 0 Å². The molecule has 0 amide bonds. The van der Waals surface area contributed by atoms with Crippen LogP contribution >= 0.6 is 0 Å².